The highest BCUT2D eigenvalue weighted by atomic mass is 35.5. The van der Waals surface area contributed by atoms with Gasteiger partial charge in [-0.2, -0.15) is 5.10 Å². The van der Waals surface area contributed by atoms with E-state index in [4.69, 9.17) is 26.2 Å². The van der Waals surface area contributed by atoms with Crippen LogP contribution in [0, 0.1) is 0 Å². The highest BCUT2D eigenvalue weighted by molar-refractivity contribution is 6.30. The van der Waals surface area contributed by atoms with Gasteiger partial charge in [0, 0.05) is 28.3 Å². The van der Waals surface area contributed by atoms with Crippen molar-refractivity contribution < 1.29 is 14.3 Å². The molecule has 4 aromatic rings. The number of ether oxygens (including phenoxy) is 2. The van der Waals surface area contributed by atoms with E-state index in [2.05, 4.69) is 4.98 Å². The molecule has 0 aliphatic rings. The van der Waals surface area contributed by atoms with E-state index in [1.54, 1.807) is 17.7 Å². The van der Waals surface area contributed by atoms with Crippen LogP contribution in [0.3, 0.4) is 0 Å². The molecule has 1 aromatic carbocycles. The first-order chi connectivity index (χ1) is 14.1. The number of benzene rings is 1. The molecule has 0 bridgehead atoms. The van der Waals surface area contributed by atoms with Crippen molar-refractivity contribution in [1.82, 2.24) is 14.6 Å². The molecule has 0 N–H and O–H groups in total. The smallest absolute Gasteiger partial charge is 0.356 e. The van der Waals surface area contributed by atoms with Crippen molar-refractivity contribution in [2.45, 2.75) is 6.42 Å². The number of halogens is 1. The molecule has 3 heterocycles. The number of methoxy groups -OCH3 is 2. The minimum absolute atomic E-state index is 0.175. The molecular weight excluding hydrogens is 390 g/mol. The highest BCUT2D eigenvalue weighted by Gasteiger charge is 2.18. The van der Waals surface area contributed by atoms with Crippen LogP contribution < -0.4 is 4.74 Å². The molecule has 0 saturated heterocycles. The summed E-state index contributed by atoms with van der Waals surface area (Å²) in [4.78, 5) is 16.4. The Morgan fingerprint density at radius 2 is 1.90 bits per heavy atom. The predicted octanol–water partition coefficient (Wildman–Crippen LogP) is 4.44. The van der Waals surface area contributed by atoms with Gasteiger partial charge in [-0.05, 0) is 24.3 Å². The van der Waals surface area contributed by atoms with Crippen LogP contribution in [-0.2, 0) is 11.2 Å². The first kappa shape index (κ1) is 19.0. The maximum absolute atomic E-state index is 11.9. The van der Waals surface area contributed by atoms with Crippen LogP contribution in [-0.4, -0.2) is 34.8 Å². The summed E-state index contributed by atoms with van der Waals surface area (Å²) in [5.74, 6) is 0.182. The van der Waals surface area contributed by atoms with Gasteiger partial charge in [0.1, 0.15) is 11.4 Å². The second-order valence-corrected chi connectivity index (χ2v) is 6.86. The zero-order chi connectivity index (χ0) is 20.4. The second-order valence-electron chi connectivity index (χ2n) is 6.42. The van der Waals surface area contributed by atoms with Crippen molar-refractivity contribution in [3.05, 3.63) is 82.8 Å². The largest absolute Gasteiger partial charge is 0.495 e. The van der Waals surface area contributed by atoms with E-state index in [0.717, 1.165) is 22.3 Å². The van der Waals surface area contributed by atoms with Crippen LogP contribution in [0.4, 0.5) is 0 Å². The number of rotatable bonds is 5. The SMILES string of the molecule is COC(=O)c1cc(Cl)cc(Cc2c(-c3ccccc3)nn3cc(OC)ccc23)n1. The quantitative estimate of drug-likeness (QED) is 0.458. The Bertz CT molecular complexity index is 1190. The van der Waals surface area contributed by atoms with E-state index in [1.807, 2.05) is 48.7 Å². The van der Waals surface area contributed by atoms with E-state index < -0.39 is 5.97 Å². The van der Waals surface area contributed by atoms with E-state index in [0.29, 0.717) is 22.9 Å². The fourth-order valence-electron chi connectivity index (χ4n) is 3.24. The van der Waals surface area contributed by atoms with Gasteiger partial charge in [-0.3, -0.25) is 0 Å². The molecule has 0 aliphatic carbocycles. The summed E-state index contributed by atoms with van der Waals surface area (Å²) < 4.78 is 11.9. The Hall–Kier alpha value is -3.38. The highest BCUT2D eigenvalue weighted by Crippen LogP contribution is 2.30. The number of pyridine rings is 2. The number of esters is 1. The Morgan fingerprint density at radius 3 is 2.62 bits per heavy atom. The summed E-state index contributed by atoms with van der Waals surface area (Å²) >= 11 is 6.22. The van der Waals surface area contributed by atoms with Crippen LogP contribution in [0.15, 0.2) is 60.8 Å². The van der Waals surface area contributed by atoms with Crippen LogP contribution >= 0.6 is 11.6 Å². The van der Waals surface area contributed by atoms with Gasteiger partial charge in [0.15, 0.2) is 0 Å². The van der Waals surface area contributed by atoms with Crippen LogP contribution in [0.1, 0.15) is 21.7 Å². The van der Waals surface area contributed by atoms with E-state index in [1.165, 1.54) is 13.2 Å². The molecule has 0 saturated carbocycles. The molecular formula is C22H18ClN3O3. The average Bonchev–Trinajstić information content (AvgIpc) is 3.10. The Kier molecular flexibility index (Phi) is 5.18. The molecule has 6 nitrogen and oxygen atoms in total. The monoisotopic (exact) mass is 407 g/mol. The van der Waals surface area contributed by atoms with E-state index >= 15 is 0 Å². The van der Waals surface area contributed by atoms with Crippen molar-refractivity contribution in [3.8, 4) is 17.0 Å². The van der Waals surface area contributed by atoms with Gasteiger partial charge in [-0.15, -0.1) is 0 Å². The first-order valence-corrected chi connectivity index (χ1v) is 9.32. The molecule has 146 valence electrons. The summed E-state index contributed by atoms with van der Waals surface area (Å²) in [7, 11) is 2.94. The van der Waals surface area contributed by atoms with Crippen LogP contribution in [0.25, 0.3) is 16.8 Å². The first-order valence-electron chi connectivity index (χ1n) is 8.94. The lowest BCUT2D eigenvalue weighted by atomic mass is 10.0. The summed E-state index contributed by atoms with van der Waals surface area (Å²) in [6.07, 6.45) is 2.28. The minimum atomic E-state index is -0.526. The minimum Gasteiger partial charge on any atom is -0.495 e. The summed E-state index contributed by atoms with van der Waals surface area (Å²) in [6.45, 7) is 0. The summed E-state index contributed by atoms with van der Waals surface area (Å²) in [5, 5.41) is 5.19. The number of aromatic nitrogens is 3. The lowest BCUT2D eigenvalue weighted by Gasteiger charge is -2.07. The number of carbonyl (C=O) groups excluding carboxylic acids is 1. The van der Waals surface area contributed by atoms with Gasteiger partial charge in [0.05, 0.1) is 31.6 Å². The third kappa shape index (κ3) is 3.79. The number of hydrogen-bond acceptors (Lipinski definition) is 5. The van der Waals surface area contributed by atoms with Crippen molar-refractivity contribution in [1.29, 1.82) is 0 Å². The third-order valence-corrected chi connectivity index (χ3v) is 4.80. The maximum atomic E-state index is 11.9. The molecule has 0 radical (unpaired) electrons. The Labute approximate surface area is 172 Å². The predicted molar refractivity (Wildman–Crippen MR) is 111 cm³/mol. The number of carbonyl (C=O) groups is 1. The van der Waals surface area contributed by atoms with Gasteiger partial charge >= 0.3 is 5.97 Å². The lowest BCUT2D eigenvalue weighted by molar-refractivity contribution is 0.0593. The number of fused-ring (bicyclic) bond motifs is 1. The molecule has 0 unspecified atom stereocenters. The topological polar surface area (TPSA) is 65.7 Å². The molecule has 0 spiro atoms. The Balaban J connectivity index is 1.86. The third-order valence-electron chi connectivity index (χ3n) is 4.58. The van der Waals surface area contributed by atoms with Gasteiger partial charge in [0.25, 0.3) is 0 Å². The van der Waals surface area contributed by atoms with Gasteiger partial charge in [-0.1, -0.05) is 41.9 Å². The molecule has 0 atom stereocenters. The Morgan fingerprint density at radius 1 is 1.10 bits per heavy atom. The molecule has 7 heteroatoms. The zero-order valence-electron chi connectivity index (χ0n) is 15.9. The fraction of sp³-hybridized carbons (Fsp3) is 0.136. The fourth-order valence-corrected chi connectivity index (χ4v) is 3.47. The summed E-state index contributed by atoms with van der Waals surface area (Å²) in [6, 6.07) is 17.0. The zero-order valence-corrected chi connectivity index (χ0v) is 16.7. The number of nitrogens with zero attached hydrogens (tertiary/aromatic N) is 3. The average molecular weight is 408 g/mol. The molecule has 0 fully saturated rings. The second kappa shape index (κ2) is 7.93. The van der Waals surface area contributed by atoms with E-state index in [-0.39, 0.29) is 5.69 Å². The molecule has 0 amide bonds. The standard InChI is InChI=1S/C22H18ClN3O3/c1-28-17-8-9-20-18(12-16-10-15(23)11-19(24-16)22(27)29-2)21(25-26(20)13-17)14-6-4-3-5-7-14/h3-11,13H,12H2,1-2H3. The lowest BCUT2D eigenvalue weighted by Crippen LogP contribution is -2.06. The molecule has 4 rings (SSSR count). The van der Waals surface area contributed by atoms with Gasteiger partial charge < -0.3 is 9.47 Å². The van der Waals surface area contributed by atoms with Crippen molar-refractivity contribution in [2.24, 2.45) is 0 Å². The van der Waals surface area contributed by atoms with Crippen LogP contribution in [0.2, 0.25) is 5.02 Å². The van der Waals surface area contributed by atoms with Gasteiger partial charge in [0.2, 0.25) is 0 Å². The molecule has 3 aromatic heterocycles. The van der Waals surface area contributed by atoms with Gasteiger partial charge in [-0.25, -0.2) is 14.3 Å². The molecule has 29 heavy (non-hydrogen) atoms. The van der Waals surface area contributed by atoms with Crippen LogP contribution in [0.5, 0.6) is 5.75 Å². The maximum Gasteiger partial charge on any atom is 0.356 e. The molecule has 0 aliphatic heterocycles. The van der Waals surface area contributed by atoms with Crippen molar-refractivity contribution in [2.75, 3.05) is 14.2 Å². The normalized spacial score (nSPS) is 10.9. The van der Waals surface area contributed by atoms with Crippen molar-refractivity contribution >= 4 is 23.1 Å². The van der Waals surface area contributed by atoms with Crippen molar-refractivity contribution in [3.63, 3.8) is 0 Å². The van der Waals surface area contributed by atoms with E-state index in [9.17, 15) is 4.79 Å². The summed E-state index contributed by atoms with van der Waals surface area (Å²) in [5.41, 5.74) is 4.55. The number of hydrogen-bond donors (Lipinski definition) is 0.